The molecule has 0 aromatic rings. The average Bonchev–Trinajstić information content (AvgIpc) is 2.21. The molecule has 0 saturated carbocycles. The quantitative estimate of drug-likeness (QED) is 0.468. The summed E-state index contributed by atoms with van der Waals surface area (Å²) >= 11 is 0. The number of unbranched alkanes of at least 4 members (excludes halogenated alkanes) is 1. The highest BCUT2D eigenvalue weighted by molar-refractivity contribution is 5.64. The summed E-state index contributed by atoms with van der Waals surface area (Å²) < 4.78 is 0.497. The standard InChI is InChI=1S/C13H25NO3/c1-4-5-6-7-8-12(15)11-14(2,3)10-9-13(16)17/h6-7,12,15H,4-5,8-11H2,1-3H3/b7-6+. The van der Waals surface area contributed by atoms with Gasteiger partial charge in [-0.15, -0.1) is 0 Å². The first-order chi connectivity index (χ1) is 7.87. The second-order valence-corrected chi connectivity index (χ2v) is 5.11. The fraction of sp³-hybridized carbons (Fsp3) is 0.769. The Balaban J connectivity index is 3.91. The molecule has 0 fully saturated rings. The molecular weight excluding hydrogens is 218 g/mol. The van der Waals surface area contributed by atoms with Crippen LogP contribution in [0.25, 0.3) is 0 Å². The molecule has 1 atom stereocenters. The largest absolute Gasteiger partial charge is 0.550 e. The normalized spacial score (nSPS) is 14.1. The van der Waals surface area contributed by atoms with E-state index in [1.54, 1.807) is 0 Å². The van der Waals surface area contributed by atoms with Crippen LogP contribution in [0.2, 0.25) is 0 Å². The van der Waals surface area contributed by atoms with E-state index in [9.17, 15) is 15.0 Å². The fourth-order valence-corrected chi connectivity index (χ4v) is 1.67. The Morgan fingerprint density at radius 2 is 2.06 bits per heavy atom. The summed E-state index contributed by atoms with van der Waals surface area (Å²) in [6.45, 7) is 3.16. The molecule has 4 heteroatoms. The minimum atomic E-state index is -1.03. The summed E-state index contributed by atoms with van der Waals surface area (Å²) in [6, 6.07) is 0. The van der Waals surface area contributed by atoms with Gasteiger partial charge in [-0.25, -0.2) is 0 Å². The monoisotopic (exact) mass is 243 g/mol. The van der Waals surface area contributed by atoms with Crippen LogP contribution in [0.5, 0.6) is 0 Å². The zero-order valence-corrected chi connectivity index (χ0v) is 11.2. The lowest BCUT2D eigenvalue weighted by atomic mass is 10.2. The van der Waals surface area contributed by atoms with Crippen molar-refractivity contribution in [3.63, 3.8) is 0 Å². The van der Waals surface area contributed by atoms with Crippen LogP contribution >= 0.6 is 0 Å². The van der Waals surface area contributed by atoms with Crippen LogP contribution in [-0.4, -0.2) is 48.8 Å². The van der Waals surface area contributed by atoms with Crippen LogP contribution < -0.4 is 5.11 Å². The van der Waals surface area contributed by atoms with Crippen LogP contribution in [0.4, 0.5) is 0 Å². The predicted octanol–water partition coefficient (Wildman–Crippen LogP) is 0.310. The van der Waals surface area contributed by atoms with E-state index in [1.807, 2.05) is 20.2 Å². The van der Waals surface area contributed by atoms with Gasteiger partial charge in [-0.05, 0) is 12.8 Å². The van der Waals surface area contributed by atoms with Crippen molar-refractivity contribution in [2.24, 2.45) is 0 Å². The minimum Gasteiger partial charge on any atom is -0.550 e. The van der Waals surface area contributed by atoms with Crippen molar-refractivity contribution in [2.45, 2.75) is 38.7 Å². The molecule has 0 aromatic carbocycles. The molecule has 100 valence electrons. The van der Waals surface area contributed by atoms with Crippen molar-refractivity contribution in [1.29, 1.82) is 0 Å². The Morgan fingerprint density at radius 1 is 1.41 bits per heavy atom. The second kappa shape index (κ2) is 8.25. The van der Waals surface area contributed by atoms with E-state index in [2.05, 4.69) is 13.0 Å². The summed E-state index contributed by atoms with van der Waals surface area (Å²) in [5.74, 6) is -1.03. The second-order valence-electron chi connectivity index (χ2n) is 5.11. The average molecular weight is 243 g/mol. The molecule has 0 aliphatic rings. The van der Waals surface area contributed by atoms with Gasteiger partial charge in [-0.1, -0.05) is 25.5 Å². The summed E-state index contributed by atoms with van der Waals surface area (Å²) in [4.78, 5) is 10.4. The number of aliphatic hydroxyl groups excluding tert-OH is 1. The number of likely N-dealkylation sites (N-methyl/N-ethyl adjacent to an activating group) is 1. The van der Waals surface area contributed by atoms with Crippen LogP contribution in [0.1, 0.15) is 32.6 Å². The SMILES string of the molecule is CCC/C=C/CC(O)C[N+](C)(C)CCC(=O)[O-]. The van der Waals surface area contributed by atoms with Crippen molar-refractivity contribution in [1.82, 2.24) is 0 Å². The van der Waals surface area contributed by atoms with E-state index in [0.717, 1.165) is 12.8 Å². The van der Waals surface area contributed by atoms with Gasteiger partial charge in [0.2, 0.25) is 0 Å². The first-order valence-corrected chi connectivity index (χ1v) is 6.22. The van der Waals surface area contributed by atoms with Crippen LogP contribution in [0.3, 0.4) is 0 Å². The van der Waals surface area contributed by atoms with Crippen molar-refractivity contribution < 1.29 is 19.5 Å². The van der Waals surface area contributed by atoms with E-state index in [-0.39, 0.29) is 6.42 Å². The van der Waals surface area contributed by atoms with Crippen molar-refractivity contribution in [3.05, 3.63) is 12.2 Å². The molecule has 0 heterocycles. The maximum absolute atomic E-state index is 10.4. The van der Waals surface area contributed by atoms with Crippen molar-refractivity contribution in [2.75, 3.05) is 27.2 Å². The first kappa shape index (κ1) is 16.1. The summed E-state index contributed by atoms with van der Waals surface area (Å²) in [5, 5.41) is 20.2. The molecule has 4 nitrogen and oxygen atoms in total. The summed E-state index contributed by atoms with van der Waals surface area (Å²) in [7, 11) is 3.84. The zero-order chi connectivity index (χ0) is 13.3. The smallest absolute Gasteiger partial charge is 0.106 e. The number of carboxylic acids is 1. The number of aliphatic hydroxyl groups is 1. The highest BCUT2D eigenvalue weighted by atomic mass is 16.4. The molecule has 0 saturated heterocycles. The van der Waals surface area contributed by atoms with E-state index in [4.69, 9.17) is 0 Å². The number of nitrogens with zero attached hydrogens (tertiary/aromatic N) is 1. The molecule has 0 bridgehead atoms. The zero-order valence-electron chi connectivity index (χ0n) is 11.2. The number of carboxylic acid groups (broad SMARTS) is 1. The molecule has 0 spiro atoms. The number of allylic oxidation sites excluding steroid dienone is 1. The topological polar surface area (TPSA) is 60.4 Å². The van der Waals surface area contributed by atoms with Gasteiger partial charge < -0.3 is 19.5 Å². The number of carbonyl (C=O) groups is 1. The first-order valence-electron chi connectivity index (χ1n) is 6.22. The lowest BCUT2D eigenvalue weighted by Crippen LogP contribution is -2.47. The van der Waals surface area contributed by atoms with Gasteiger partial charge in [-0.3, -0.25) is 0 Å². The van der Waals surface area contributed by atoms with E-state index in [1.165, 1.54) is 0 Å². The lowest BCUT2D eigenvalue weighted by Gasteiger charge is -2.31. The number of hydrogen-bond acceptors (Lipinski definition) is 3. The molecule has 0 amide bonds. The van der Waals surface area contributed by atoms with E-state index in [0.29, 0.717) is 24.0 Å². The molecule has 0 aliphatic carbocycles. The lowest BCUT2D eigenvalue weighted by molar-refractivity contribution is -0.893. The maximum Gasteiger partial charge on any atom is 0.106 e. The number of quaternary nitrogens is 1. The van der Waals surface area contributed by atoms with Gasteiger partial charge in [0.1, 0.15) is 12.6 Å². The molecular formula is C13H25NO3. The number of hydrogen-bond donors (Lipinski definition) is 1. The molecule has 0 radical (unpaired) electrons. The Bertz CT molecular complexity index is 249. The Kier molecular flexibility index (Phi) is 7.83. The van der Waals surface area contributed by atoms with Gasteiger partial charge in [-0.2, -0.15) is 0 Å². The Hall–Kier alpha value is -0.870. The summed E-state index contributed by atoms with van der Waals surface area (Å²) in [5.41, 5.74) is 0. The van der Waals surface area contributed by atoms with Gasteiger partial charge in [0.15, 0.2) is 0 Å². The summed E-state index contributed by atoms with van der Waals surface area (Å²) in [6.07, 6.45) is 6.46. The van der Waals surface area contributed by atoms with Gasteiger partial charge in [0, 0.05) is 12.4 Å². The molecule has 0 aliphatic heterocycles. The molecule has 17 heavy (non-hydrogen) atoms. The van der Waals surface area contributed by atoms with Gasteiger partial charge in [0.05, 0.1) is 20.6 Å². The third-order valence-corrected chi connectivity index (χ3v) is 2.66. The number of aliphatic carboxylic acids is 1. The third kappa shape index (κ3) is 10.0. The molecule has 0 aromatic heterocycles. The molecule has 1 unspecified atom stereocenters. The van der Waals surface area contributed by atoms with Crippen LogP contribution in [-0.2, 0) is 4.79 Å². The van der Waals surface area contributed by atoms with E-state index >= 15 is 0 Å². The highest BCUT2D eigenvalue weighted by Crippen LogP contribution is 2.05. The minimum absolute atomic E-state index is 0.0331. The number of rotatable bonds is 9. The van der Waals surface area contributed by atoms with Gasteiger partial charge >= 0.3 is 0 Å². The number of carbonyl (C=O) groups excluding carboxylic acids is 1. The van der Waals surface area contributed by atoms with Crippen molar-refractivity contribution >= 4 is 5.97 Å². The van der Waals surface area contributed by atoms with E-state index < -0.39 is 12.1 Å². The van der Waals surface area contributed by atoms with Crippen LogP contribution in [0, 0.1) is 0 Å². The third-order valence-electron chi connectivity index (χ3n) is 2.66. The molecule has 1 N–H and O–H groups in total. The van der Waals surface area contributed by atoms with Crippen LogP contribution in [0.15, 0.2) is 12.2 Å². The van der Waals surface area contributed by atoms with Gasteiger partial charge in [0.25, 0.3) is 0 Å². The highest BCUT2D eigenvalue weighted by Gasteiger charge is 2.19. The molecule has 0 rings (SSSR count). The Morgan fingerprint density at radius 3 is 2.59 bits per heavy atom. The Labute approximate surface area is 104 Å². The predicted molar refractivity (Wildman–Crippen MR) is 66.1 cm³/mol. The fourth-order valence-electron chi connectivity index (χ4n) is 1.67. The maximum atomic E-state index is 10.4. The van der Waals surface area contributed by atoms with Crippen molar-refractivity contribution in [3.8, 4) is 0 Å².